The number of carbonyl (C=O) groups excluding carboxylic acids is 1. The molecule has 0 aliphatic carbocycles. The van der Waals surface area contributed by atoms with Crippen molar-refractivity contribution in [1.82, 2.24) is 9.78 Å². The van der Waals surface area contributed by atoms with Crippen molar-refractivity contribution in [2.75, 3.05) is 5.32 Å². The highest BCUT2D eigenvalue weighted by molar-refractivity contribution is 6.05. The molecule has 1 aromatic heterocycles. The van der Waals surface area contributed by atoms with E-state index in [1.54, 1.807) is 0 Å². The first kappa shape index (κ1) is 18.2. The van der Waals surface area contributed by atoms with Gasteiger partial charge in [0.25, 0.3) is 5.91 Å². The monoisotopic (exact) mass is 327 g/mol. The summed E-state index contributed by atoms with van der Waals surface area (Å²) in [5.74, 6) is -0.0981. The van der Waals surface area contributed by atoms with E-state index in [0.29, 0.717) is 5.56 Å². The summed E-state index contributed by atoms with van der Waals surface area (Å²) in [6, 6.07) is 7.62. The van der Waals surface area contributed by atoms with Crippen LogP contribution in [0.5, 0.6) is 0 Å². The zero-order chi connectivity index (χ0) is 18.3. The Morgan fingerprint density at radius 3 is 2.00 bits per heavy atom. The molecule has 1 aromatic carbocycles. The average Bonchev–Trinajstić information content (AvgIpc) is 2.75. The predicted octanol–water partition coefficient (Wildman–Crippen LogP) is 4.58. The number of rotatable bonds is 2. The summed E-state index contributed by atoms with van der Waals surface area (Å²) in [5, 5.41) is 7.84. The fourth-order valence-electron chi connectivity index (χ4n) is 2.92. The molecule has 1 amide bonds. The van der Waals surface area contributed by atoms with Crippen LogP contribution in [0.25, 0.3) is 0 Å². The highest BCUT2D eigenvalue weighted by atomic mass is 16.1. The van der Waals surface area contributed by atoms with Crippen molar-refractivity contribution in [1.29, 1.82) is 0 Å². The minimum Gasteiger partial charge on any atom is -0.319 e. The van der Waals surface area contributed by atoms with Gasteiger partial charge in [-0.15, -0.1) is 0 Å². The second kappa shape index (κ2) is 6.08. The van der Waals surface area contributed by atoms with Gasteiger partial charge in [-0.1, -0.05) is 59.2 Å². The minimum atomic E-state index is -0.156. The first-order chi connectivity index (χ1) is 10.9. The van der Waals surface area contributed by atoms with E-state index in [9.17, 15) is 4.79 Å². The lowest BCUT2D eigenvalue weighted by molar-refractivity contribution is 0.102. The van der Waals surface area contributed by atoms with Gasteiger partial charge in [0.1, 0.15) is 0 Å². The summed E-state index contributed by atoms with van der Waals surface area (Å²) in [5.41, 5.74) is 4.30. The molecule has 0 saturated carbocycles. The Bertz CT molecular complexity index is 741. The molecule has 0 saturated heterocycles. The lowest BCUT2D eigenvalue weighted by Crippen LogP contribution is -2.22. The summed E-state index contributed by atoms with van der Waals surface area (Å²) in [7, 11) is 1.94. The maximum atomic E-state index is 12.7. The lowest BCUT2D eigenvalue weighted by Gasteiger charge is -2.23. The van der Waals surface area contributed by atoms with Gasteiger partial charge in [-0.2, -0.15) is 5.10 Å². The Kier molecular flexibility index (Phi) is 4.62. The number of anilines is 1. The number of aryl methyl sites for hydroxylation is 2. The Morgan fingerprint density at radius 2 is 1.54 bits per heavy atom. The molecule has 0 aliphatic rings. The van der Waals surface area contributed by atoms with Gasteiger partial charge in [0, 0.05) is 23.4 Å². The van der Waals surface area contributed by atoms with E-state index in [1.807, 2.05) is 42.9 Å². The van der Waals surface area contributed by atoms with Crippen molar-refractivity contribution in [3.05, 3.63) is 46.8 Å². The Balaban J connectivity index is 2.51. The van der Waals surface area contributed by atoms with Gasteiger partial charge in [-0.25, -0.2) is 0 Å². The van der Waals surface area contributed by atoms with Crippen molar-refractivity contribution < 1.29 is 4.79 Å². The van der Waals surface area contributed by atoms with Crippen LogP contribution in [0.4, 0.5) is 5.69 Å². The van der Waals surface area contributed by atoms with E-state index in [0.717, 1.165) is 22.6 Å². The molecule has 1 N–H and O–H groups in total. The first-order valence-corrected chi connectivity index (χ1v) is 8.37. The van der Waals surface area contributed by atoms with Crippen LogP contribution < -0.4 is 5.32 Å². The number of amides is 1. The van der Waals surface area contributed by atoms with Crippen LogP contribution in [-0.4, -0.2) is 15.7 Å². The van der Waals surface area contributed by atoms with Crippen molar-refractivity contribution in [2.45, 2.75) is 59.3 Å². The number of nitrogens with zero attached hydrogens (tertiary/aromatic N) is 2. The maximum Gasteiger partial charge on any atom is 0.255 e. The lowest BCUT2D eigenvalue weighted by atomic mass is 9.85. The second-order valence-corrected chi connectivity index (χ2v) is 8.52. The fraction of sp³-hybridized carbons (Fsp3) is 0.500. The quantitative estimate of drug-likeness (QED) is 0.878. The zero-order valence-corrected chi connectivity index (χ0v) is 16.1. The molecule has 24 heavy (non-hydrogen) atoms. The SMILES string of the molecule is Cc1ccc(C(=O)Nc2c(C(C)(C)C)nn(C)c2C(C)(C)C)cc1. The standard InChI is InChI=1S/C20H29N3O/c1-13-9-11-14(12-10-13)18(24)21-15-16(19(2,3)4)22-23(8)17(15)20(5,6)7/h9-12H,1-8H3,(H,21,24). The fourth-order valence-corrected chi connectivity index (χ4v) is 2.92. The highest BCUT2D eigenvalue weighted by Crippen LogP contribution is 2.37. The van der Waals surface area contributed by atoms with Crippen LogP contribution >= 0.6 is 0 Å². The molecule has 2 aromatic rings. The van der Waals surface area contributed by atoms with Gasteiger partial charge < -0.3 is 5.32 Å². The third-order valence-corrected chi connectivity index (χ3v) is 4.02. The highest BCUT2D eigenvalue weighted by Gasteiger charge is 2.32. The third kappa shape index (κ3) is 3.69. The number of nitrogens with one attached hydrogen (secondary N) is 1. The van der Waals surface area contributed by atoms with Crippen LogP contribution in [0, 0.1) is 6.92 Å². The van der Waals surface area contributed by atoms with Crippen molar-refractivity contribution in [3.63, 3.8) is 0 Å². The predicted molar refractivity (Wildman–Crippen MR) is 99.7 cm³/mol. The van der Waals surface area contributed by atoms with Gasteiger partial charge in [0.15, 0.2) is 0 Å². The van der Waals surface area contributed by atoms with Gasteiger partial charge in [0.2, 0.25) is 0 Å². The van der Waals surface area contributed by atoms with E-state index in [2.05, 4.69) is 46.9 Å². The van der Waals surface area contributed by atoms with Crippen LogP contribution in [0.3, 0.4) is 0 Å². The Hall–Kier alpha value is -2.10. The van der Waals surface area contributed by atoms with Crippen molar-refractivity contribution >= 4 is 11.6 Å². The number of hydrogen-bond acceptors (Lipinski definition) is 2. The van der Waals surface area contributed by atoms with Gasteiger partial charge in [-0.05, 0) is 19.1 Å². The molecule has 0 bridgehead atoms. The van der Waals surface area contributed by atoms with E-state index < -0.39 is 0 Å². The van der Waals surface area contributed by atoms with Crippen molar-refractivity contribution in [2.24, 2.45) is 7.05 Å². The third-order valence-electron chi connectivity index (χ3n) is 4.02. The molecular weight excluding hydrogens is 298 g/mol. The number of aromatic nitrogens is 2. The zero-order valence-electron chi connectivity index (χ0n) is 16.1. The van der Waals surface area contributed by atoms with Gasteiger partial charge in [0.05, 0.1) is 17.1 Å². The van der Waals surface area contributed by atoms with E-state index >= 15 is 0 Å². The summed E-state index contributed by atoms with van der Waals surface area (Å²) >= 11 is 0. The molecule has 4 heteroatoms. The molecule has 2 rings (SSSR count). The average molecular weight is 327 g/mol. The normalized spacial score (nSPS) is 12.3. The molecule has 0 unspecified atom stereocenters. The molecule has 130 valence electrons. The summed E-state index contributed by atoms with van der Waals surface area (Å²) in [6.45, 7) is 14.8. The molecular formula is C20H29N3O. The number of benzene rings is 1. The summed E-state index contributed by atoms with van der Waals surface area (Å²) in [4.78, 5) is 12.7. The van der Waals surface area contributed by atoms with Gasteiger partial charge in [-0.3, -0.25) is 9.48 Å². The molecule has 0 radical (unpaired) electrons. The molecule has 4 nitrogen and oxygen atoms in total. The van der Waals surface area contributed by atoms with Crippen LogP contribution in [0.2, 0.25) is 0 Å². The largest absolute Gasteiger partial charge is 0.319 e. The first-order valence-electron chi connectivity index (χ1n) is 8.37. The van der Waals surface area contributed by atoms with Crippen molar-refractivity contribution in [3.8, 4) is 0 Å². The van der Waals surface area contributed by atoms with Crippen LogP contribution in [-0.2, 0) is 17.9 Å². The van der Waals surface area contributed by atoms with E-state index in [1.165, 1.54) is 0 Å². The smallest absolute Gasteiger partial charge is 0.255 e. The Labute approximate surface area is 145 Å². The van der Waals surface area contributed by atoms with Crippen LogP contribution in [0.1, 0.15) is 68.9 Å². The minimum absolute atomic E-state index is 0.0981. The molecule has 0 aliphatic heterocycles. The summed E-state index contributed by atoms with van der Waals surface area (Å²) < 4.78 is 1.89. The van der Waals surface area contributed by atoms with Gasteiger partial charge >= 0.3 is 0 Å². The topological polar surface area (TPSA) is 46.9 Å². The second-order valence-electron chi connectivity index (χ2n) is 8.52. The molecule has 0 atom stereocenters. The maximum absolute atomic E-state index is 12.7. The molecule has 0 fully saturated rings. The van der Waals surface area contributed by atoms with E-state index in [-0.39, 0.29) is 16.7 Å². The van der Waals surface area contributed by atoms with Crippen LogP contribution in [0.15, 0.2) is 24.3 Å². The summed E-state index contributed by atoms with van der Waals surface area (Å²) in [6.07, 6.45) is 0. The number of hydrogen-bond donors (Lipinski definition) is 1. The number of carbonyl (C=O) groups is 1. The molecule has 1 heterocycles. The molecule has 0 spiro atoms. The Morgan fingerprint density at radius 1 is 1.00 bits per heavy atom. The van der Waals surface area contributed by atoms with E-state index in [4.69, 9.17) is 5.10 Å².